The van der Waals surface area contributed by atoms with Crippen LogP contribution in [0, 0.1) is 6.92 Å². The normalized spacial score (nSPS) is 20.4. The standard InChI is InChI=1S/C17H27N5O/c1-14-15(16(23)21-7-5-3-4-6-8-21)13-18-17(19-14)22-11-9-20(2)10-12-22/h13H,3-12H2,1-2H3. The Morgan fingerprint density at radius 2 is 1.65 bits per heavy atom. The summed E-state index contributed by atoms with van der Waals surface area (Å²) < 4.78 is 0. The summed E-state index contributed by atoms with van der Waals surface area (Å²) in [6, 6.07) is 0. The SMILES string of the molecule is Cc1nc(N2CCN(C)CC2)ncc1C(=O)N1CCCCCC1. The van der Waals surface area contributed by atoms with Crippen LogP contribution in [0.3, 0.4) is 0 Å². The van der Waals surface area contributed by atoms with E-state index in [0.717, 1.165) is 63.8 Å². The number of anilines is 1. The van der Waals surface area contributed by atoms with E-state index in [1.165, 1.54) is 12.8 Å². The average molecular weight is 317 g/mol. The van der Waals surface area contributed by atoms with Gasteiger partial charge >= 0.3 is 0 Å². The first-order chi connectivity index (χ1) is 11.1. The van der Waals surface area contributed by atoms with E-state index >= 15 is 0 Å². The molecular formula is C17H27N5O. The minimum absolute atomic E-state index is 0.0920. The molecule has 0 aromatic carbocycles. The Bertz CT molecular complexity index is 546. The molecule has 2 aliphatic rings. The van der Waals surface area contributed by atoms with Crippen molar-refractivity contribution in [2.75, 3.05) is 51.2 Å². The summed E-state index contributed by atoms with van der Waals surface area (Å²) in [6.07, 6.45) is 6.38. The zero-order valence-electron chi connectivity index (χ0n) is 14.3. The molecule has 1 aromatic heterocycles. The Labute approximate surface area is 138 Å². The zero-order chi connectivity index (χ0) is 16.2. The third-order valence-electron chi connectivity index (χ3n) is 4.88. The number of carbonyl (C=O) groups is 1. The summed E-state index contributed by atoms with van der Waals surface area (Å²) in [6.45, 7) is 7.57. The predicted molar refractivity (Wildman–Crippen MR) is 90.9 cm³/mol. The smallest absolute Gasteiger partial charge is 0.257 e. The lowest BCUT2D eigenvalue weighted by Gasteiger charge is -2.32. The third kappa shape index (κ3) is 3.80. The highest BCUT2D eigenvalue weighted by atomic mass is 16.2. The van der Waals surface area contributed by atoms with Gasteiger partial charge in [-0.25, -0.2) is 9.97 Å². The van der Waals surface area contributed by atoms with E-state index in [1.54, 1.807) is 6.20 Å². The molecule has 2 saturated heterocycles. The molecule has 0 N–H and O–H groups in total. The molecule has 0 radical (unpaired) electrons. The first kappa shape index (κ1) is 16.2. The van der Waals surface area contributed by atoms with E-state index in [0.29, 0.717) is 5.56 Å². The molecule has 0 unspecified atom stereocenters. The minimum atomic E-state index is 0.0920. The Balaban J connectivity index is 1.72. The number of hydrogen-bond donors (Lipinski definition) is 0. The van der Waals surface area contributed by atoms with Crippen molar-refractivity contribution in [2.24, 2.45) is 0 Å². The van der Waals surface area contributed by atoms with Crippen LogP contribution in [0.25, 0.3) is 0 Å². The van der Waals surface area contributed by atoms with Crippen molar-refractivity contribution < 1.29 is 4.79 Å². The van der Waals surface area contributed by atoms with Crippen molar-refractivity contribution in [1.82, 2.24) is 19.8 Å². The fraction of sp³-hybridized carbons (Fsp3) is 0.706. The first-order valence-electron chi connectivity index (χ1n) is 8.71. The van der Waals surface area contributed by atoms with Crippen molar-refractivity contribution in [2.45, 2.75) is 32.6 Å². The fourth-order valence-electron chi connectivity index (χ4n) is 3.27. The van der Waals surface area contributed by atoms with Crippen LogP contribution in [0.1, 0.15) is 41.7 Å². The molecule has 3 rings (SSSR count). The maximum Gasteiger partial charge on any atom is 0.257 e. The van der Waals surface area contributed by atoms with Crippen LogP contribution < -0.4 is 4.90 Å². The van der Waals surface area contributed by atoms with Gasteiger partial charge in [-0.1, -0.05) is 12.8 Å². The number of aryl methyl sites for hydroxylation is 1. The number of aromatic nitrogens is 2. The summed E-state index contributed by atoms with van der Waals surface area (Å²) >= 11 is 0. The Morgan fingerprint density at radius 3 is 2.26 bits per heavy atom. The predicted octanol–water partition coefficient (Wildman–Crippen LogP) is 1.55. The van der Waals surface area contributed by atoms with E-state index in [9.17, 15) is 4.79 Å². The van der Waals surface area contributed by atoms with Crippen LogP contribution >= 0.6 is 0 Å². The number of nitrogens with zero attached hydrogens (tertiary/aromatic N) is 5. The lowest BCUT2D eigenvalue weighted by atomic mass is 10.2. The van der Waals surface area contributed by atoms with E-state index in [2.05, 4.69) is 26.8 Å². The van der Waals surface area contributed by atoms with E-state index < -0.39 is 0 Å². The highest BCUT2D eigenvalue weighted by Gasteiger charge is 2.22. The molecule has 0 bridgehead atoms. The van der Waals surface area contributed by atoms with Crippen LogP contribution in [0.15, 0.2) is 6.20 Å². The van der Waals surface area contributed by atoms with Crippen molar-refractivity contribution >= 4 is 11.9 Å². The first-order valence-corrected chi connectivity index (χ1v) is 8.71. The second-order valence-corrected chi connectivity index (χ2v) is 6.67. The van der Waals surface area contributed by atoms with Gasteiger partial charge < -0.3 is 14.7 Å². The number of amides is 1. The molecule has 2 fully saturated rings. The molecule has 23 heavy (non-hydrogen) atoms. The van der Waals surface area contributed by atoms with Crippen LogP contribution in [-0.4, -0.2) is 72.0 Å². The van der Waals surface area contributed by atoms with Crippen LogP contribution in [0.4, 0.5) is 5.95 Å². The van der Waals surface area contributed by atoms with Crippen molar-refractivity contribution in [1.29, 1.82) is 0 Å². The molecule has 2 aliphatic heterocycles. The van der Waals surface area contributed by atoms with Gasteiger partial charge in [-0.15, -0.1) is 0 Å². The van der Waals surface area contributed by atoms with Crippen LogP contribution in [-0.2, 0) is 0 Å². The number of likely N-dealkylation sites (tertiary alicyclic amines) is 1. The van der Waals surface area contributed by atoms with Crippen molar-refractivity contribution in [3.63, 3.8) is 0 Å². The summed E-state index contributed by atoms with van der Waals surface area (Å²) in [4.78, 5) is 28.3. The Morgan fingerprint density at radius 1 is 1.00 bits per heavy atom. The third-order valence-corrected chi connectivity index (χ3v) is 4.88. The van der Waals surface area contributed by atoms with Gasteiger partial charge in [0.1, 0.15) is 0 Å². The number of likely N-dealkylation sites (N-methyl/N-ethyl adjacent to an activating group) is 1. The number of piperazine rings is 1. The second kappa shape index (κ2) is 7.25. The van der Waals surface area contributed by atoms with E-state index in [4.69, 9.17) is 0 Å². The van der Waals surface area contributed by atoms with E-state index in [1.807, 2.05) is 11.8 Å². The van der Waals surface area contributed by atoms with Crippen LogP contribution in [0.2, 0.25) is 0 Å². The summed E-state index contributed by atoms with van der Waals surface area (Å²) in [5.74, 6) is 0.845. The van der Waals surface area contributed by atoms with Gasteiger partial charge in [-0.2, -0.15) is 0 Å². The van der Waals surface area contributed by atoms with Gasteiger partial charge in [0, 0.05) is 45.5 Å². The topological polar surface area (TPSA) is 52.6 Å². The molecule has 3 heterocycles. The molecule has 1 amide bonds. The van der Waals surface area contributed by atoms with Crippen molar-refractivity contribution in [3.05, 3.63) is 17.5 Å². The van der Waals surface area contributed by atoms with Crippen molar-refractivity contribution in [3.8, 4) is 0 Å². The molecule has 1 aromatic rings. The van der Waals surface area contributed by atoms with Gasteiger partial charge in [0.25, 0.3) is 5.91 Å². The molecule has 0 atom stereocenters. The van der Waals surface area contributed by atoms with Gasteiger partial charge in [0.15, 0.2) is 0 Å². The lowest BCUT2D eigenvalue weighted by Crippen LogP contribution is -2.45. The number of rotatable bonds is 2. The van der Waals surface area contributed by atoms with Gasteiger partial charge in [0.2, 0.25) is 5.95 Å². The van der Waals surface area contributed by atoms with Gasteiger partial charge in [0.05, 0.1) is 11.3 Å². The molecule has 6 nitrogen and oxygen atoms in total. The van der Waals surface area contributed by atoms with Gasteiger partial charge in [-0.3, -0.25) is 4.79 Å². The summed E-state index contributed by atoms with van der Waals surface area (Å²) in [5.41, 5.74) is 1.45. The second-order valence-electron chi connectivity index (χ2n) is 6.67. The van der Waals surface area contributed by atoms with Crippen LogP contribution in [0.5, 0.6) is 0 Å². The zero-order valence-corrected chi connectivity index (χ0v) is 14.3. The van der Waals surface area contributed by atoms with Gasteiger partial charge in [-0.05, 0) is 26.8 Å². The molecule has 0 aliphatic carbocycles. The monoisotopic (exact) mass is 317 g/mol. The Hall–Kier alpha value is -1.69. The molecule has 126 valence electrons. The summed E-state index contributed by atoms with van der Waals surface area (Å²) in [7, 11) is 2.13. The highest BCUT2D eigenvalue weighted by molar-refractivity contribution is 5.95. The van der Waals surface area contributed by atoms with E-state index in [-0.39, 0.29) is 5.91 Å². The number of hydrogen-bond acceptors (Lipinski definition) is 5. The molecule has 0 spiro atoms. The highest BCUT2D eigenvalue weighted by Crippen LogP contribution is 2.17. The molecular weight excluding hydrogens is 290 g/mol. The fourth-order valence-corrected chi connectivity index (χ4v) is 3.27. The Kier molecular flexibility index (Phi) is 5.10. The molecule has 6 heteroatoms. The average Bonchev–Trinajstić information content (AvgIpc) is 2.84. The molecule has 0 saturated carbocycles. The largest absolute Gasteiger partial charge is 0.339 e. The quantitative estimate of drug-likeness (QED) is 0.828. The minimum Gasteiger partial charge on any atom is -0.339 e. The number of carbonyl (C=O) groups excluding carboxylic acids is 1. The lowest BCUT2D eigenvalue weighted by molar-refractivity contribution is 0.0760. The summed E-state index contributed by atoms with van der Waals surface area (Å²) in [5, 5.41) is 0. The maximum absolute atomic E-state index is 12.7. The maximum atomic E-state index is 12.7.